The van der Waals surface area contributed by atoms with Crippen molar-refractivity contribution in [2.24, 2.45) is 0 Å². The van der Waals surface area contributed by atoms with Crippen LogP contribution in [0.1, 0.15) is 57.9 Å². The molecule has 0 heterocycles. The standard InChI is InChI=1S/C33H37NO4S/c1-4-6-8-12-18-28-37-30-20-14-10-16-26-34(39(35,36)33-24-22-32(3)23-25-33)27-17-11-15-21-31-38-29-19-13-9-7-5-2/h22-25H,4-9,26-31H2,1-3H3. The molecule has 0 atom stereocenters. The van der Waals surface area contributed by atoms with Gasteiger partial charge in [0.1, 0.15) is 26.4 Å². The molecule has 0 aliphatic carbocycles. The summed E-state index contributed by atoms with van der Waals surface area (Å²) in [5.74, 6) is 33.8. The highest BCUT2D eigenvalue weighted by molar-refractivity contribution is 7.89. The summed E-state index contributed by atoms with van der Waals surface area (Å²) in [6.07, 6.45) is 6.16. The lowest BCUT2D eigenvalue weighted by atomic mass is 10.2. The third kappa shape index (κ3) is 16.8. The molecule has 0 aromatic heterocycles. The van der Waals surface area contributed by atoms with Crippen LogP contribution in [0.2, 0.25) is 0 Å². The molecular weight excluding hydrogens is 506 g/mol. The maximum atomic E-state index is 13.2. The maximum Gasteiger partial charge on any atom is 0.244 e. The van der Waals surface area contributed by atoms with E-state index in [1.54, 1.807) is 24.3 Å². The van der Waals surface area contributed by atoms with Gasteiger partial charge in [0.25, 0.3) is 0 Å². The van der Waals surface area contributed by atoms with Gasteiger partial charge in [-0.05, 0) is 55.6 Å². The number of nitrogens with zero attached hydrogens (tertiary/aromatic N) is 1. The van der Waals surface area contributed by atoms with Crippen molar-refractivity contribution in [3.63, 3.8) is 0 Å². The summed E-state index contributed by atoms with van der Waals surface area (Å²) in [5.41, 5.74) is 0.967. The van der Waals surface area contributed by atoms with Crippen LogP contribution in [0.3, 0.4) is 0 Å². The van der Waals surface area contributed by atoms with Crippen molar-refractivity contribution < 1.29 is 17.9 Å². The number of hydrogen-bond acceptors (Lipinski definition) is 4. The Balaban J connectivity index is 2.70. The minimum Gasteiger partial charge on any atom is -0.356 e. The Kier molecular flexibility index (Phi) is 19.2. The van der Waals surface area contributed by atoms with Crippen molar-refractivity contribution in [2.75, 3.05) is 39.5 Å². The first kappa shape index (κ1) is 33.4. The second-order valence-electron chi connectivity index (χ2n) is 8.19. The van der Waals surface area contributed by atoms with E-state index in [0.717, 1.165) is 44.1 Å². The van der Waals surface area contributed by atoms with Gasteiger partial charge in [-0.1, -0.05) is 79.9 Å². The Morgan fingerprint density at radius 1 is 0.641 bits per heavy atom. The normalized spacial score (nSPS) is 9.54. The molecule has 1 aromatic carbocycles. The van der Waals surface area contributed by atoms with E-state index < -0.39 is 10.0 Å². The lowest BCUT2D eigenvalue weighted by Gasteiger charge is -2.17. The molecule has 0 aliphatic rings. The number of aryl methyl sites for hydroxylation is 1. The number of unbranched alkanes of at least 4 members (excludes halogenated alkanes) is 4. The number of hydrogen-bond donors (Lipinski definition) is 0. The molecule has 0 unspecified atom stereocenters. The quantitative estimate of drug-likeness (QED) is 0.289. The Morgan fingerprint density at radius 2 is 1.08 bits per heavy atom. The van der Waals surface area contributed by atoms with Crippen LogP contribution in [0.4, 0.5) is 0 Å². The molecule has 0 bridgehead atoms. The van der Waals surface area contributed by atoms with Gasteiger partial charge in [0.2, 0.25) is 10.0 Å². The summed E-state index contributed by atoms with van der Waals surface area (Å²) in [4.78, 5) is 0.177. The van der Waals surface area contributed by atoms with Crippen LogP contribution < -0.4 is 0 Å². The van der Waals surface area contributed by atoms with Crippen molar-refractivity contribution in [3.8, 4) is 71.0 Å². The SMILES string of the molecule is CCCCC#CCOCC#CC#CCN(CC#CC#CCOCC#CCCCC)S(=O)(=O)c1ccc(C)cc1. The van der Waals surface area contributed by atoms with E-state index in [1.165, 1.54) is 4.31 Å². The van der Waals surface area contributed by atoms with Crippen molar-refractivity contribution >= 4 is 10.0 Å². The molecule has 0 amide bonds. The van der Waals surface area contributed by atoms with E-state index in [9.17, 15) is 8.42 Å². The molecule has 6 heteroatoms. The summed E-state index contributed by atoms with van der Waals surface area (Å²) in [7, 11) is -3.79. The van der Waals surface area contributed by atoms with E-state index in [1.807, 2.05) is 6.92 Å². The van der Waals surface area contributed by atoms with E-state index in [-0.39, 0.29) is 31.2 Å². The molecule has 39 heavy (non-hydrogen) atoms. The second-order valence-corrected chi connectivity index (χ2v) is 10.1. The minimum atomic E-state index is -3.79. The van der Waals surface area contributed by atoms with Crippen molar-refractivity contribution in [1.82, 2.24) is 4.31 Å². The van der Waals surface area contributed by atoms with Crippen LogP contribution in [0, 0.1) is 78.0 Å². The molecule has 5 nitrogen and oxygen atoms in total. The monoisotopic (exact) mass is 543 g/mol. The van der Waals surface area contributed by atoms with Gasteiger partial charge in [0, 0.05) is 12.8 Å². The lowest BCUT2D eigenvalue weighted by molar-refractivity contribution is 0.204. The highest BCUT2D eigenvalue weighted by Gasteiger charge is 2.22. The highest BCUT2D eigenvalue weighted by Crippen LogP contribution is 2.15. The molecule has 0 aliphatic heterocycles. The summed E-state index contributed by atoms with van der Waals surface area (Å²) in [6, 6.07) is 6.65. The molecule has 0 spiro atoms. The second kappa shape index (κ2) is 22.4. The Labute approximate surface area is 236 Å². The van der Waals surface area contributed by atoms with Crippen molar-refractivity contribution in [2.45, 2.75) is 64.2 Å². The molecule has 204 valence electrons. The Morgan fingerprint density at radius 3 is 1.54 bits per heavy atom. The lowest BCUT2D eigenvalue weighted by Crippen LogP contribution is -2.32. The summed E-state index contributed by atoms with van der Waals surface area (Å²) in [5, 5.41) is 0. The van der Waals surface area contributed by atoms with Crippen LogP contribution in [0.25, 0.3) is 0 Å². The number of rotatable bonds is 12. The van der Waals surface area contributed by atoms with Crippen LogP contribution in [0.15, 0.2) is 29.2 Å². The number of benzene rings is 1. The smallest absolute Gasteiger partial charge is 0.244 e. The van der Waals surface area contributed by atoms with Gasteiger partial charge in [-0.15, -0.1) is 11.8 Å². The van der Waals surface area contributed by atoms with Crippen molar-refractivity contribution in [3.05, 3.63) is 29.8 Å². The predicted octanol–water partition coefficient (Wildman–Crippen LogP) is 4.42. The fourth-order valence-electron chi connectivity index (χ4n) is 2.70. The largest absolute Gasteiger partial charge is 0.356 e. The first-order valence-corrected chi connectivity index (χ1v) is 14.5. The molecule has 0 saturated carbocycles. The minimum absolute atomic E-state index is 0.0590. The van der Waals surface area contributed by atoms with E-state index in [4.69, 9.17) is 9.47 Å². The van der Waals surface area contributed by atoms with E-state index >= 15 is 0 Å². The van der Waals surface area contributed by atoms with Crippen LogP contribution >= 0.6 is 0 Å². The van der Waals surface area contributed by atoms with Crippen LogP contribution in [0.5, 0.6) is 0 Å². The first-order chi connectivity index (χ1) is 19.0. The molecule has 0 fully saturated rings. The third-order valence-corrected chi connectivity index (χ3v) is 6.71. The molecule has 0 saturated heterocycles. The van der Waals surface area contributed by atoms with E-state index in [2.05, 4.69) is 84.9 Å². The molecule has 1 rings (SSSR count). The molecular formula is C33H37NO4S. The molecule has 0 radical (unpaired) electrons. The van der Waals surface area contributed by atoms with Crippen molar-refractivity contribution in [1.29, 1.82) is 0 Å². The molecule has 0 N–H and O–H groups in total. The Bertz CT molecular complexity index is 1270. The summed E-state index contributed by atoms with van der Waals surface area (Å²) >= 11 is 0. The average Bonchev–Trinajstić information content (AvgIpc) is 2.93. The topological polar surface area (TPSA) is 55.8 Å². The van der Waals surface area contributed by atoms with Gasteiger partial charge in [-0.2, -0.15) is 4.31 Å². The average molecular weight is 544 g/mol. The van der Waals surface area contributed by atoms with Gasteiger partial charge in [-0.3, -0.25) is 0 Å². The summed E-state index contributed by atoms with van der Waals surface area (Å²) in [6.45, 7) is 7.11. The van der Waals surface area contributed by atoms with Gasteiger partial charge >= 0.3 is 0 Å². The van der Waals surface area contributed by atoms with Gasteiger partial charge in [-0.25, -0.2) is 8.42 Å². The van der Waals surface area contributed by atoms with Crippen LogP contribution in [-0.4, -0.2) is 52.2 Å². The summed E-state index contributed by atoms with van der Waals surface area (Å²) < 4.78 is 38.2. The zero-order valence-electron chi connectivity index (χ0n) is 23.3. The predicted molar refractivity (Wildman–Crippen MR) is 157 cm³/mol. The van der Waals surface area contributed by atoms with Gasteiger partial charge in [0.15, 0.2) is 0 Å². The number of ether oxygens (including phenoxy) is 2. The van der Waals surface area contributed by atoms with Gasteiger partial charge < -0.3 is 9.47 Å². The third-order valence-electron chi connectivity index (χ3n) is 4.91. The zero-order chi connectivity index (χ0) is 28.4. The fraction of sp³-hybridized carbons (Fsp3) is 0.455. The first-order valence-electron chi connectivity index (χ1n) is 13.1. The number of sulfonamides is 1. The maximum absolute atomic E-state index is 13.2. The Hall–Kier alpha value is -3.59. The highest BCUT2D eigenvalue weighted by atomic mass is 32.2. The van der Waals surface area contributed by atoms with Gasteiger partial charge in [0.05, 0.1) is 18.0 Å². The molecule has 1 aromatic rings. The fourth-order valence-corrected chi connectivity index (χ4v) is 3.95. The van der Waals surface area contributed by atoms with Crippen LogP contribution in [-0.2, 0) is 19.5 Å². The van der Waals surface area contributed by atoms with E-state index in [0.29, 0.717) is 13.2 Å². The zero-order valence-corrected chi connectivity index (χ0v) is 24.1.